The van der Waals surface area contributed by atoms with Crippen LogP contribution in [0.25, 0.3) is 0 Å². The first-order chi connectivity index (χ1) is 10.3. The van der Waals surface area contributed by atoms with Crippen molar-refractivity contribution >= 4 is 17.4 Å². The first kappa shape index (κ1) is 15.8. The van der Waals surface area contributed by atoms with Crippen molar-refractivity contribution in [3.05, 3.63) is 21.9 Å². The van der Waals surface area contributed by atoms with Gasteiger partial charge in [-0.15, -0.1) is 11.3 Å². The van der Waals surface area contributed by atoms with Crippen LogP contribution >= 0.6 is 11.3 Å². The monoisotopic (exact) mass is 323 g/mol. The Labute approximate surface area is 136 Å². The predicted octanol–water partition coefficient (Wildman–Crippen LogP) is 3.94. The number of piperidine rings is 1. The molecule has 1 fully saturated rings. The van der Waals surface area contributed by atoms with Gasteiger partial charge in [0.05, 0.1) is 6.61 Å². The largest absolute Gasteiger partial charge is 0.444 e. The number of nitrogens with zero attached hydrogens (tertiary/aromatic N) is 1. The Bertz CT molecular complexity index is 562. The van der Waals surface area contributed by atoms with Gasteiger partial charge in [-0.3, -0.25) is 0 Å². The molecule has 5 heteroatoms. The zero-order chi connectivity index (χ0) is 16.0. The van der Waals surface area contributed by atoms with E-state index in [4.69, 9.17) is 9.47 Å². The second-order valence-electron chi connectivity index (χ2n) is 7.34. The van der Waals surface area contributed by atoms with Crippen LogP contribution in [0.2, 0.25) is 0 Å². The maximum Gasteiger partial charge on any atom is 0.410 e. The minimum absolute atomic E-state index is 0.122. The summed E-state index contributed by atoms with van der Waals surface area (Å²) in [5, 5.41) is 2.16. The van der Waals surface area contributed by atoms with E-state index in [2.05, 4.69) is 18.4 Å². The number of thiophene rings is 1. The smallest absolute Gasteiger partial charge is 0.410 e. The van der Waals surface area contributed by atoms with Gasteiger partial charge in [0.1, 0.15) is 11.2 Å². The minimum atomic E-state index is -0.450. The van der Waals surface area contributed by atoms with E-state index in [9.17, 15) is 4.79 Å². The molecule has 22 heavy (non-hydrogen) atoms. The number of fused-ring (bicyclic) bond motifs is 2. The van der Waals surface area contributed by atoms with Crippen LogP contribution in [0, 0.1) is 0 Å². The molecule has 4 nitrogen and oxygen atoms in total. The topological polar surface area (TPSA) is 38.8 Å². The van der Waals surface area contributed by atoms with Gasteiger partial charge in [-0.05, 0) is 57.5 Å². The number of likely N-dealkylation sites (tertiary alicyclic amines) is 1. The highest BCUT2D eigenvalue weighted by Gasteiger charge is 2.46. The van der Waals surface area contributed by atoms with Gasteiger partial charge in [0.15, 0.2) is 0 Å². The Hall–Kier alpha value is -1.07. The second kappa shape index (κ2) is 5.53. The molecule has 0 radical (unpaired) electrons. The number of hydrogen-bond donors (Lipinski definition) is 0. The van der Waals surface area contributed by atoms with Crippen LogP contribution in [-0.2, 0) is 21.5 Å². The Kier molecular flexibility index (Phi) is 3.98. The van der Waals surface area contributed by atoms with E-state index in [1.807, 2.05) is 25.7 Å². The molecule has 0 N–H and O–H groups in total. The van der Waals surface area contributed by atoms with Crippen molar-refractivity contribution in [2.24, 2.45) is 0 Å². The molecule has 0 saturated carbocycles. The second-order valence-corrected chi connectivity index (χ2v) is 8.26. The molecule has 0 aromatic carbocycles. The third-order valence-electron chi connectivity index (χ3n) is 4.45. The summed E-state index contributed by atoms with van der Waals surface area (Å²) in [5.41, 5.74) is 0.780. The predicted molar refractivity (Wildman–Crippen MR) is 87.3 cm³/mol. The molecule has 0 aliphatic carbocycles. The van der Waals surface area contributed by atoms with Crippen LogP contribution < -0.4 is 0 Å². The summed E-state index contributed by atoms with van der Waals surface area (Å²) in [6.07, 6.45) is 2.49. The summed E-state index contributed by atoms with van der Waals surface area (Å²) >= 11 is 1.79. The van der Waals surface area contributed by atoms with E-state index >= 15 is 0 Å². The minimum Gasteiger partial charge on any atom is -0.444 e. The standard InChI is InChI=1S/C17H25NO3S/c1-12-11-17(14-13(5-9-20-17)6-10-22-14)7-8-18(12)15(19)21-16(2,3)4/h6,10,12H,5,7-9,11H2,1-4H3. The molecule has 1 spiro atoms. The first-order valence-electron chi connectivity index (χ1n) is 8.01. The molecule has 2 atom stereocenters. The van der Waals surface area contributed by atoms with Crippen LogP contribution in [0.3, 0.4) is 0 Å². The quantitative estimate of drug-likeness (QED) is 0.726. The Morgan fingerprint density at radius 2 is 2.27 bits per heavy atom. The highest BCUT2D eigenvalue weighted by Crippen LogP contribution is 2.45. The maximum atomic E-state index is 12.4. The number of rotatable bonds is 0. The van der Waals surface area contributed by atoms with Crippen LogP contribution in [-0.4, -0.2) is 35.8 Å². The molecular formula is C17H25NO3S. The number of carbonyl (C=O) groups excluding carboxylic acids is 1. The van der Waals surface area contributed by atoms with Crippen molar-refractivity contribution in [1.82, 2.24) is 4.90 Å². The van der Waals surface area contributed by atoms with Gasteiger partial charge in [-0.2, -0.15) is 0 Å². The summed E-state index contributed by atoms with van der Waals surface area (Å²) in [6, 6.07) is 2.34. The summed E-state index contributed by atoms with van der Waals surface area (Å²) < 4.78 is 11.7. The van der Waals surface area contributed by atoms with Crippen molar-refractivity contribution in [1.29, 1.82) is 0 Å². The molecule has 2 aliphatic rings. The van der Waals surface area contributed by atoms with Crippen LogP contribution in [0.1, 0.15) is 51.0 Å². The lowest BCUT2D eigenvalue weighted by Crippen LogP contribution is -2.53. The van der Waals surface area contributed by atoms with E-state index in [-0.39, 0.29) is 17.7 Å². The van der Waals surface area contributed by atoms with Crippen molar-refractivity contribution in [3.8, 4) is 0 Å². The first-order valence-corrected chi connectivity index (χ1v) is 8.89. The Balaban J connectivity index is 1.75. The average Bonchev–Trinajstić information content (AvgIpc) is 2.86. The lowest BCUT2D eigenvalue weighted by Gasteiger charge is -2.46. The highest BCUT2D eigenvalue weighted by atomic mass is 32.1. The van der Waals surface area contributed by atoms with Gasteiger partial charge in [0.25, 0.3) is 0 Å². The van der Waals surface area contributed by atoms with Crippen LogP contribution in [0.4, 0.5) is 4.79 Å². The third-order valence-corrected chi connectivity index (χ3v) is 5.59. The van der Waals surface area contributed by atoms with E-state index in [1.54, 1.807) is 11.3 Å². The van der Waals surface area contributed by atoms with E-state index in [0.717, 1.165) is 25.9 Å². The van der Waals surface area contributed by atoms with Gasteiger partial charge in [0, 0.05) is 23.9 Å². The zero-order valence-electron chi connectivity index (χ0n) is 13.8. The van der Waals surface area contributed by atoms with Crippen molar-refractivity contribution in [2.45, 2.75) is 64.2 Å². The molecule has 1 amide bonds. The highest BCUT2D eigenvalue weighted by molar-refractivity contribution is 7.10. The average molecular weight is 323 g/mol. The van der Waals surface area contributed by atoms with Gasteiger partial charge < -0.3 is 14.4 Å². The van der Waals surface area contributed by atoms with Gasteiger partial charge in [-0.25, -0.2) is 4.79 Å². The summed E-state index contributed by atoms with van der Waals surface area (Å²) in [5.74, 6) is 0. The van der Waals surface area contributed by atoms with Crippen molar-refractivity contribution in [2.75, 3.05) is 13.2 Å². The molecule has 0 bridgehead atoms. The Morgan fingerprint density at radius 3 is 2.95 bits per heavy atom. The van der Waals surface area contributed by atoms with Crippen LogP contribution in [0.5, 0.6) is 0 Å². The molecule has 1 aromatic rings. The molecule has 122 valence electrons. The molecule has 3 rings (SSSR count). The summed E-state index contributed by atoms with van der Waals surface area (Å²) in [4.78, 5) is 15.6. The lowest BCUT2D eigenvalue weighted by molar-refractivity contribution is -0.108. The van der Waals surface area contributed by atoms with E-state index in [0.29, 0.717) is 6.54 Å². The van der Waals surface area contributed by atoms with E-state index < -0.39 is 5.60 Å². The number of hydrogen-bond acceptors (Lipinski definition) is 4. The molecule has 1 aromatic heterocycles. The van der Waals surface area contributed by atoms with Crippen molar-refractivity contribution < 1.29 is 14.3 Å². The number of ether oxygens (including phenoxy) is 2. The fourth-order valence-corrected chi connectivity index (χ4v) is 4.64. The zero-order valence-corrected chi connectivity index (χ0v) is 14.7. The van der Waals surface area contributed by atoms with Crippen LogP contribution in [0.15, 0.2) is 11.4 Å². The van der Waals surface area contributed by atoms with E-state index in [1.165, 1.54) is 10.4 Å². The molecule has 1 saturated heterocycles. The van der Waals surface area contributed by atoms with Crippen molar-refractivity contribution in [3.63, 3.8) is 0 Å². The lowest BCUT2D eigenvalue weighted by atomic mass is 9.82. The van der Waals surface area contributed by atoms with Gasteiger partial charge >= 0.3 is 6.09 Å². The fourth-order valence-electron chi connectivity index (χ4n) is 3.49. The number of amides is 1. The van der Waals surface area contributed by atoms with Gasteiger partial charge in [0.2, 0.25) is 0 Å². The normalized spacial score (nSPS) is 28.5. The molecule has 2 aliphatic heterocycles. The SMILES string of the molecule is CC1CC2(CCN1C(=O)OC(C)(C)C)OCCc1ccsc12. The Morgan fingerprint density at radius 1 is 1.50 bits per heavy atom. The molecule has 3 heterocycles. The number of carbonyl (C=O) groups is 1. The van der Waals surface area contributed by atoms with Gasteiger partial charge in [-0.1, -0.05) is 0 Å². The summed E-state index contributed by atoms with van der Waals surface area (Å²) in [7, 11) is 0. The maximum absolute atomic E-state index is 12.4. The molecule has 2 unspecified atom stereocenters. The third kappa shape index (κ3) is 2.88. The summed E-state index contributed by atoms with van der Waals surface area (Å²) in [6.45, 7) is 9.28. The molecular weight excluding hydrogens is 298 g/mol. The fraction of sp³-hybridized carbons (Fsp3) is 0.706.